The normalized spacial score (nSPS) is 11.7. The molecule has 1 rings (SSSR count). The molecular formula is C11H15NO4S. The van der Waals surface area contributed by atoms with E-state index >= 15 is 0 Å². The van der Waals surface area contributed by atoms with Gasteiger partial charge in [0.2, 0.25) is 10.0 Å². The number of sulfonamides is 1. The minimum Gasteiger partial charge on any atom is -0.478 e. The van der Waals surface area contributed by atoms with E-state index in [0.29, 0.717) is 0 Å². The van der Waals surface area contributed by atoms with Crippen molar-refractivity contribution in [1.82, 2.24) is 4.72 Å². The molecule has 2 N–H and O–H groups in total. The first-order chi connectivity index (χ1) is 7.82. The highest BCUT2D eigenvalue weighted by molar-refractivity contribution is 7.88. The zero-order valence-corrected chi connectivity index (χ0v) is 10.5. The number of carbonyl (C=O) groups is 1. The fourth-order valence-corrected chi connectivity index (χ4v) is 2.92. The van der Waals surface area contributed by atoms with Gasteiger partial charge in [0, 0.05) is 6.04 Å². The van der Waals surface area contributed by atoms with E-state index in [1.54, 1.807) is 26.0 Å². The van der Waals surface area contributed by atoms with Crippen LogP contribution in [0.25, 0.3) is 0 Å². The number of nitrogens with one attached hydrogen (secondary N) is 1. The molecule has 94 valence electrons. The van der Waals surface area contributed by atoms with Crippen molar-refractivity contribution in [2.24, 2.45) is 0 Å². The molecule has 0 radical (unpaired) electrons. The average molecular weight is 257 g/mol. The standard InChI is InChI=1S/C11H15NO4S/c1-8(2)12-17(15,16)7-9-5-3-4-6-10(9)11(13)14/h3-6,8,12H,7H2,1-2H3,(H,13,14). The first-order valence-electron chi connectivity index (χ1n) is 5.13. The van der Waals surface area contributed by atoms with E-state index in [0.717, 1.165) is 0 Å². The predicted molar refractivity (Wildman–Crippen MR) is 64.3 cm³/mol. The highest BCUT2D eigenvalue weighted by atomic mass is 32.2. The Kier molecular flexibility index (Phi) is 4.25. The minimum absolute atomic E-state index is 0.0154. The van der Waals surface area contributed by atoms with Crippen molar-refractivity contribution in [3.8, 4) is 0 Å². The Morgan fingerprint density at radius 2 is 1.94 bits per heavy atom. The maximum atomic E-state index is 11.7. The average Bonchev–Trinajstić information content (AvgIpc) is 2.14. The SMILES string of the molecule is CC(C)NS(=O)(=O)Cc1ccccc1C(=O)O. The third-order valence-corrected chi connectivity index (χ3v) is 3.53. The molecule has 1 aromatic rings. The minimum atomic E-state index is -3.50. The Hall–Kier alpha value is -1.40. The molecule has 0 atom stereocenters. The molecule has 0 fully saturated rings. The van der Waals surface area contributed by atoms with Crippen LogP contribution in [0.2, 0.25) is 0 Å². The highest BCUT2D eigenvalue weighted by Gasteiger charge is 2.17. The lowest BCUT2D eigenvalue weighted by molar-refractivity contribution is 0.0696. The number of hydrogen-bond acceptors (Lipinski definition) is 3. The Balaban J connectivity index is 3.00. The van der Waals surface area contributed by atoms with Gasteiger partial charge < -0.3 is 5.11 Å². The van der Waals surface area contributed by atoms with Crippen molar-refractivity contribution in [2.45, 2.75) is 25.6 Å². The molecule has 1 aromatic carbocycles. The maximum Gasteiger partial charge on any atom is 0.335 e. The van der Waals surface area contributed by atoms with Gasteiger partial charge in [0.05, 0.1) is 11.3 Å². The van der Waals surface area contributed by atoms with Crippen LogP contribution in [-0.4, -0.2) is 25.5 Å². The van der Waals surface area contributed by atoms with Gasteiger partial charge in [0.1, 0.15) is 0 Å². The van der Waals surface area contributed by atoms with Gasteiger partial charge in [-0.05, 0) is 25.5 Å². The molecule has 5 nitrogen and oxygen atoms in total. The van der Waals surface area contributed by atoms with E-state index in [4.69, 9.17) is 5.11 Å². The summed E-state index contributed by atoms with van der Waals surface area (Å²) in [5.74, 6) is -1.45. The first kappa shape index (κ1) is 13.7. The van der Waals surface area contributed by atoms with E-state index in [1.165, 1.54) is 12.1 Å². The smallest absolute Gasteiger partial charge is 0.335 e. The van der Waals surface area contributed by atoms with Gasteiger partial charge in [-0.25, -0.2) is 17.9 Å². The number of rotatable bonds is 5. The van der Waals surface area contributed by atoms with Crippen LogP contribution in [0.4, 0.5) is 0 Å². The lowest BCUT2D eigenvalue weighted by Gasteiger charge is -2.10. The van der Waals surface area contributed by atoms with E-state index < -0.39 is 16.0 Å². The van der Waals surface area contributed by atoms with E-state index in [2.05, 4.69) is 4.72 Å². The van der Waals surface area contributed by atoms with Crippen LogP contribution in [0.5, 0.6) is 0 Å². The summed E-state index contributed by atoms with van der Waals surface area (Å²) in [4.78, 5) is 10.9. The molecule has 0 aliphatic carbocycles. The van der Waals surface area contributed by atoms with Gasteiger partial charge in [-0.2, -0.15) is 0 Å². The second kappa shape index (κ2) is 5.29. The summed E-state index contributed by atoms with van der Waals surface area (Å²) in [6, 6.07) is 5.87. The van der Waals surface area contributed by atoms with Crippen LogP contribution in [0.3, 0.4) is 0 Å². The molecule has 0 aliphatic rings. The lowest BCUT2D eigenvalue weighted by atomic mass is 10.1. The van der Waals surface area contributed by atoms with E-state index in [9.17, 15) is 13.2 Å². The Labute approximate surface area is 101 Å². The van der Waals surface area contributed by atoms with Crippen LogP contribution in [-0.2, 0) is 15.8 Å². The van der Waals surface area contributed by atoms with Crippen molar-refractivity contribution in [3.63, 3.8) is 0 Å². The van der Waals surface area contributed by atoms with Gasteiger partial charge in [0.25, 0.3) is 0 Å². The van der Waals surface area contributed by atoms with Crippen LogP contribution in [0.15, 0.2) is 24.3 Å². The number of aromatic carboxylic acids is 1. The molecule has 17 heavy (non-hydrogen) atoms. The Morgan fingerprint density at radius 1 is 1.35 bits per heavy atom. The van der Waals surface area contributed by atoms with Gasteiger partial charge in [-0.1, -0.05) is 18.2 Å². The molecule has 0 aromatic heterocycles. The van der Waals surface area contributed by atoms with Crippen LogP contribution < -0.4 is 4.72 Å². The highest BCUT2D eigenvalue weighted by Crippen LogP contribution is 2.12. The quantitative estimate of drug-likeness (QED) is 0.830. The van der Waals surface area contributed by atoms with Crippen LogP contribution in [0.1, 0.15) is 29.8 Å². The summed E-state index contributed by atoms with van der Waals surface area (Å²) < 4.78 is 25.8. The second-order valence-corrected chi connectivity index (χ2v) is 5.75. The summed E-state index contributed by atoms with van der Waals surface area (Å²) in [5, 5.41) is 8.93. The monoisotopic (exact) mass is 257 g/mol. The van der Waals surface area contributed by atoms with Gasteiger partial charge in [0.15, 0.2) is 0 Å². The molecule has 0 bridgehead atoms. The predicted octanol–water partition coefficient (Wildman–Crippen LogP) is 1.21. The Bertz CT molecular complexity index is 508. The first-order valence-corrected chi connectivity index (χ1v) is 6.78. The van der Waals surface area contributed by atoms with Crippen molar-refractivity contribution in [3.05, 3.63) is 35.4 Å². The molecule has 0 spiro atoms. The third-order valence-electron chi connectivity index (χ3n) is 2.01. The third kappa shape index (κ3) is 4.16. The summed E-state index contributed by atoms with van der Waals surface area (Å²) in [6.45, 7) is 3.42. The van der Waals surface area contributed by atoms with Crippen LogP contribution in [0, 0.1) is 0 Å². The van der Waals surface area contributed by atoms with Crippen molar-refractivity contribution < 1.29 is 18.3 Å². The van der Waals surface area contributed by atoms with Gasteiger partial charge >= 0.3 is 5.97 Å². The number of hydrogen-bond donors (Lipinski definition) is 2. The summed E-state index contributed by atoms with van der Waals surface area (Å²) in [5.41, 5.74) is 0.301. The molecule has 0 heterocycles. The molecule has 0 saturated carbocycles. The van der Waals surface area contributed by atoms with E-state index in [1.807, 2.05) is 0 Å². The molecule has 0 saturated heterocycles. The summed E-state index contributed by atoms with van der Waals surface area (Å²) in [6.07, 6.45) is 0. The zero-order valence-electron chi connectivity index (χ0n) is 9.67. The zero-order chi connectivity index (χ0) is 13.1. The second-order valence-electron chi connectivity index (χ2n) is 3.99. The van der Waals surface area contributed by atoms with Gasteiger partial charge in [-0.15, -0.1) is 0 Å². The molecule has 0 aliphatic heterocycles. The summed E-state index contributed by atoms with van der Waals surface area (Å²) >= 11 is 0. The largest absolute Gasteiger partial charge is 0.478 e. The number of benzene rings is 1. The molecular weight excluding hydrogens is 242 g/mol. The lowest BCUT2D eigenvalue weighted by Crippen LogP contribution is -2.31. The van der Waals surface area contributed by atoms with Crippen molar-refractivity contribution >= 4 is 16.0 Å². The fourth-order valence-electron chi connectivity index (χ4n) is 1.46. The topological polar surface area (TPSA) is 83.5 Å². The summed E-state index contributed by atoms with van der Waals surface area (Å²) in [7, 11) is -3.50. The van der Waals surface area contributed by atoms with Gasteiger partial charge in [-0.3, -0.25) is 0 Å². The molecule has 0 amide bonds. The number of carboxylic acids is 1. The van der Waals surface area contributed by atoms with Crippen molar-refractivity contribution in [1.29, 1.82) is 0 Å². The van der Waals surface area contributed by atoms with Crippen LogP contribution >= 0.6 is 0 Å². The Morgan fingerprint density at radius 3 is 2.47 bits per heavy atom. The fraction of sp³-hybridized carbons (Fsp3) is 0.364. The van der Waals surface area contributed by atoms with Crippen molar-refractivity contribution in [2.75, 3.05) is 0 Å². The molecule has 6 heteroatoms. The number of carboxylic acid groups (broad SMARTS) is 1. The maximum absolute atomic E-state index is 11.7. The van der Waals surface area contributed by atoms with E-state index in [-0.39, 0.29) is 22.9 Å². The molecule has 0 unspecified atom stereocenters.